The zero-order valence-corrected chi connectivity index (χ0v) is 9.86. The minimum Gasteiger partial charge on any atom is -0.370 e. The minimum absolute atomic E-state index is 0.146. The maximum atomic E-state index is 5.91. The highest BCUT2D eigenvalue weighted by molar-refractivity contribution is 5.94. The van der Waals surface area contributed by atoms with Crippen molar-refractivity contribution >= 4 is 11.6 Å². The van der Waals surface area contributed by atoms with Gasteiger partial charge in [0.25, 0.3) is 0 Å². The summed E-state index contributed by atoms with van der Waals surface area (Å²) in [4.78, 5) is 6.29. The number of anilines is 1. The molecule has 1 aromatic rings. The number of hydrogen-bond acceptors (Lipinski definition) is 1. The predicted molar refractivity (Wildman–Crippen MR) is 66.2 cm³/mol. The third kappa shape index (κ3) is 3.62. The summed E-state index contributed by atoms with van der Waals surface area (Å²) < 4.78 is 0. The average molecular weight is 205 g/mol. The summed E-state index contributed by atoms with van der Waals surface area (Å²) in [6.07, 6.45) is 0. The molecule has 0 aliphatic rings. The molecule has 0 atom stereocenters. The summed E-state index contributed by atoms with van der Waals surface area (Å²) in [5, 5.41) is 0. The fourth-order valence-corrected chi connectivity index (χ4v) is 1.20. The second-order valence-electron chi connectivity index (χ2n) is 4.54. The highest BCUT2D eigenvalue weighted by atomic mass is 15.2. The lowest BCUT2D eigenvalue weighted by Crippen LogP contribution is -2.36. The molecule has 0 heterocycles. The molecule has 15 heavy (non-hydrogen) atoms. The lowest BCUT2D eigenvalue weighted by atomic mass is 10.1. The van der Waals surface area contributed by atoms with Gasteiger partial charge in [-0.15, -0.1) is 0 Å². The van der Waals surface area contributed by atoms with Gasteiger partial charge in [0.1, 0.15) is 0 Å². The molecular weight excluding hydrogens is 186 g/mol. The van der Waals surface area contributed by atoms with E-state index in [9.17, 15) is 0 Å². The van der Waals surface area contributed by atoms with E-state index in [1.165, 1.54) is 0 Å². The summed E-state index contributed by atoms with van der Waals surface area (Å²) in [6, 6.07) is 9.96. The number of nitrogens with two attached hydrogens (primary N) is 1. The summed E-state index contributed by atoms with van der Waals surface area (Å²) in [7, 11) is 1.92. The number of hydrogen-bond donors (Lipinski definition) is 1. The second-order valence-corrected chi connectivity index (χ2v) is 4.54. The van der Waals surface area contributed by atoms with Gasteiger partial charge in [-0.25, -0.2) is 4.99 Å². The molecule has 0 aliphatic heterocycles. The molecule has 1 rings (SSSR count). The minimum atomic E-state index is -0.146. The van der Waals surface area contributed by atoms with Crippen molar-refractivity contribution in [1.29, 1.82) is 0 Å². The van der Waals surface area contributed by atoms with Crippen LogP contribution < -0.4 is 10.6 Å². The van der Waals surface area contributed by atoms with Crippen LogP contribution >= 0.6 is 0 Å². The Morgan fingerprint density at radius 3 is 2.20 bits per heavy atom. The standard InChI is InChI=1S/C12H19N3/c1-12(2,3)14-11(13)15(4)10-8-6-5-7-9-10/h5-9H,1-4H3,(H2,13,14). The van der Waals surface area contributed by atoms with Crippen LogP contribution in [0.5, 0.6) is 0 Å². The van der Waals surface area contributed by atoms with Gasteiger partial charge < -0.3 is 10.6 Å². The number of nitrogens with zero attached hydrogens (tertiary/aromatic N) is 2. The van der Waals surface area contributed by atoms with E-state index in [0.29, 0.717) is 5.96 Å². The van der Waals surface area contributed by atoms with Crippen LogP contribution in [0.2, 0.25) is 0 Å². The van der Waals surface area contributed by atoms with Gasteiger partial charge in [0.15, 0.2) is 5.96 Å². The fraction of sp³-hybridized carbons (Fsp3) is 0.417. The first-order chi connectivity index (χ1) is 6.90. The third-order valence-corrected chi connectivity index (χ3v) is 1.94. The van der Waals surface area contributed by atoms with Crippen molar-refractivity contribution in [3.8, 4) is 0 Å². The maximum Gasteiger partial charge on any atom is 0.196 e. The quantitative estimate of drug-likeness (QED) is 0.564. The lowest BCUT2D eigenvalue weighted by Gasteiger charge is -2.21. The van der Waals surface area contributed by atoms with Gasteiger partial charge in [-0.1, -0.05) is 18.2 Å². The normalized spacial score (nSPS) is 12.7. The van der Waals surface area contributed by atoms with Crippen molar-refractivity contribution in [2.45, 2.75) is 26.3 Å². The highest BCUT2D eigenvalue weighted by Gasteiger charge is 2.11. The third-order valence-electron chi connectivity index (χ3n) is 1.94. The van der Waals surface area contributed by atoms with Crippen LogP contribution in [-0.4, -0.2) is 18.5 Å². The van der Waals surface area contributed by atoms with E-state index < -0.39 is 0 Å². The molecule has 0 unspecified atom stereocenters. The van der Waals surface area contributed by atoms with E-state index >= 15 is 0 Å². The Balaban J connectivity index is 2.87. The van der Waals surface area contributed by atoms with E-state index in [-0.39, 0.29) is 5.54 Å². The molecule has 82 valence electrons. The van der Waals surface area contributed by atoms with E-state index in [2.05, 4.69) is 4.99 Å². The number of benzene rings is 1. The average Bonchev–Trinajstić information content (AvgIpc) is 2.15. The molecule has 0 radical (unpaired) electrons. The highest BCUT2D eigenvalue weighted by Crippen LogP contribution is 2.12. The van der Waals surface area contributed by atoms with Crippen LogP contribution in [0.4, 0.5) is 5.69 Å². The Morgan fingerprint density at radius 1 is 1.20 bits per heavy atom. The van der Waals surface area contributed by atoms with Crippen LogP contribution in [0, 0.1) is 0 Å². The molecule has 3 heteroatoms. The summed E-state index contributed by atoms with van der Waals surface area (Å²) in [5.41, 5.74) is 6.81. The monoisotopic (exact) mass is 205 g/mol. The van der Waals surface area contributed by atoms with Crippen molar-refractivity contribution in [3.05, 3.63) is 30.3 Å². The van der Waals surface area contributed by atoms with Gasteiger partial charge in [-0.05, 0) is 32.9 Å². The Labute approximate surface area is 91.6 Å². The second kappa shape index (κ2) is 4.34. The van der Waals surface area contributed by atoms with Gasteiger partial charge >= 0.3 is 0 Å². The van der Waals surface area contributed by atoms with Crippen LogP contribution in [0.3, 0.4) is 0 Å². The Kier molecular flexibility index (Phi) is 3.35. The summed E-state index contributed by atoms with van der Waals surface area (Å²) in [6.45, 7) is 6.08. The first-order valence-electron chi connectivity index (χ1n) is 5.04. The zero-order valence-electron chi connectivity index (χ0n) is 9.86. The van der Waals surface area contributed by atoms with Gasteiger partial charge in [0, 0.05) is 12.7 Å². The Morgan fingerprint density at radius 2 is 1.73 bits per heavy atom. The zero-order chi connectivity index (χ0) is 11.5. The molecule has 3 nitrogen and oxygen atoms in total. The summed E-state index contributed by atoms with van der Waals surface area (Å²) >= 11 is 0. The molecule has 0 fully saturated rings. The van der Waals surface area contributed by atoms with Crippen molar-refractivity contribution in [1.82, 2.24) is 0 Å². The van der Waals surface area contributed by atoms with E-state index in [1.54, 1.807) is 0 Å². The Bertz CT molecular complexity index is 336. The SMILES string of the molecule is CN(C(N)=NC(C)(C)C)c1ccccc1. The largest absolute Gasteiger partial charge is 0.370 e. The van der Waals surface area contributed by atoms with Gasteiger partial charge in [-0.3, -0.25) is 0 Å². The van der Waals surface area contributed by atoms with Gasteiger partial charge in [0.05, 0.1) is 5.54 Å². The van der Waals surface area contributed by atoms with E-state index in [1.807, 2.05) is 63.1 Å². The van der Waals surface area contributed by atoms with E-state index in [4.69, 9.17) is 5.73 Å². The Hall–Kier alpha value is -1.51. The van der Waals surface area contributed by atoms with Crippen molar-refractivity contribution < 1.29 is 0 Å². The summed E-state index contributed by atoms with van der Waals surface area (Å²) in [5.74, 6) is 0.536. The molecule has 0 aromatic heterocycles. The first-order valence-corrected chi connectivity index (χ1v) is 5.04. The van der Waals surface area contributed by atoms with Gasteiger partial charge in [-0.2, -0.15) is 0 Å². The molecule has 0 spiro atoms. The van der Waals surface area contributed by atoms with E-state index in [0.717, 1.165) is 5.69 Å². The predicted octanol–water partition coefficient (Wildman–Crippen LogP) is 2.24. The number of guanidine groups is 1. The van der Waals surface area contributed by atoms with Crippen molar-refractivity contribution in [3.63, 3.8) is 0 Å². The van der Waals surface area contributed by atoms with Crippen LogP contribution in [0.25, 0.3) is 0 Å². The molecule has 1 aromatic carbocycles. The molecule has 0 bridgehead atoms. The maximum absolute atomic E-state index is 5.91. The smallest absolute Gasteiger partial charge is 0.196 e. The first kappa shape index (κ1) is 11.6. The van der Waals surface area contributed by atoms with Crippen LogP contribution in [-0.2, 0) is 0 Å². The molecule has 0 aliphatic carbocycles. The topological polar surface area (TPSA) is 41.6 Å². The molecule has 0 saturated carbocycles. The molecule has 0 saturated heterocycles. The van der Waals surface area contributed by atoms with Crippen LogP contribution in [0.1, 0.15) is 20.8 Å². The number of rotatable bonds is 1. The number of para-hydroxylation sites is 1. The van der Waals surface area contributed by atoms with Crippen molar-refractivity contribution in [2.24, 2.45) is 10.7 Å². The fourth-order valence-electron chi connectivity index (χ4n) is 1.20. The van der Waals surface area contributed by atoms with Crippen molar-refractivity contribution in [2.75, 3.05) is 11.9 Å². The number of aliphatic imine (C=N–C) groups is 1. The van der Waals surface area contributed by atoms with Crippen LogP contribution in [0.15, 0.2) is 35.3 Å². The van der Waals surface area contributed by atoms with Gasteiger partial charge in [0.2, 0.25) is 0 Å². The lowest BCUT2D eigenvalue weighted by molar-refractivity contribution is 0.581. The molecule has 2 N–H and O–H groups in total. The molecule has 0 amide bonds. The molecular formula is C12H19N3.